The van der Waals surface area contributed by atoms with Crippen LogP contribution in [0.25, 0.3) is 10.6 Å². The van der Waals surface area contributed by atoms with Crippen molar-refractivity contribution in [2.24, 2.45) is 5.73 Å². The third-order valence-electron chi connectivity index (χ3n) is 4.01. The minimum absolute atomic E-state index is 0. The van der Waals surface area contributed by atoms with E-state index >= 15 is 0 Å². The Balaban J connectivity index is 0.00000243. The number of rotatable bonds is 5. The molecule has 0 saturated carbocycles. The molecule has 140 valence electrons. The highest BCUT2D eigenvalue weighted by atomic mass is 35.5. The van der Waals surface area contributed by atoms with Gasteiger partial charge in [-0.05, 0) is 43.5 Å². The number of thiazole rings is 1. The second-order valence-corrected chi connectivity index (χ2v) is 6.86. The van der Waals surface area contributed by atoms with Crippen molar-refractivity contribution in [2.45, 2.75) is 25.3 Å². The fourth-order valence-electron chi connectivity index (χ4n) is 2.77. The van der Waals surface area contributed by atoms with Gasteiger partial charge in [-0.25, -0.2) is 9.37 Å². The van der Waals surface area contributed by atoms with E-state index in [-0.39, 0.29) is 49.2 Å². The van der Waals surface area contributed by atoms with Gasteiger partial charge in [-0.1, -0.05) is 0 Å². The molecule has 1 heterocycles. The summed E-state index contributed by atoms with van der Waals surface area (Å²) < 4.78 is 13.1. The SMILES string of the molecule is Cl.NCC(=O)NCC(=O)NC1CCCc2nc(-c3ccc(F)cc3)sc21. The summed E-state index contributed by atoms with van der Waals surface area (Å²) in [5.41, 5.74) is 7.04. The van der Waals surface area contributed by atoms with E-state index in [0.717, 1.165) is 40.4 Å². The van der Waals surface area contributed by atoms with E-state index in [1.807, 2.05) is 0 Å². The molecule has 1 aromatic heterocycles. The number of fused-ring (bicyclic) bond motifs is 1. The third kappa shape index (κ3) is 4.78. The molecule has 6 nitrogen and oxygen atoms in total. The number of aryl methyl sites for hydroxylation is 1. The van der Waals surface area contributed by atoms with E-state index in [1.54, 1.807) is 12.1 Å². The molecule has 1 aromatic carbocycles. The Labute approximate surface area is 160 Å². The number of benzene rings is 1. The van der Waals surface area contributed by atoms with Crippen molar-refractivity contribution in [1.82, 2.24) is 15.6 Å². The van der Waals surface area contributed by atoms with Gasteiger partial charge in [0, 0.05) is 5.56 Å². The van der Waals surface area contributed by atoms with Crippen LogP contribution in [-0.2, 0) is 16.0 Å². The molecule has 1 atom stereocenters. The van der Waals surface area contributed by atoms with E-state index in [1.165, 1.54) is 23.5 Å². The maximum atomic E-state index is 13.1. The van der Waals surface area contributed by atoms with Crippen LogP contribution in [0.5, 0.6) is 0 Å². The van der Waals surface area contributed by atoms with Crippen molar-refractivity contribution in [3.63, 3.8) is 0 Å². The van der Waals surface area contributed by atoms with Crippen LogP contribution in [0.15, 0.2) is 24.3 Å². The largest absolute Gasteiger partial charge is 0.347 e. The molecule has 0 saturated heterocycles. The van der Waals surface area contributed by atoms with Crippen molar-refractivity contribution >= 4 is 35.6 Å². The Morgan fingerprint density at radius 3 is 2.69 bits per heavy atom. The van der Waals surface area contributed by atoms with E-state index in [9.17, 15) is 14.0 Å². The van der Waals surface area contributed by atoms with Gasteiger partial charge in [0.25, 0.3) is 0 Å². The number of hydrogen-bond acceptors (Lipinski definition) is 5. The molecule has 0 bridgehead atoms. The van der Waals surface area contributed by atoms with Crippen LogP contribution in [0.1, 0.15) is 29.5 Å². The summed E-state index contributed by atoms with van der Waals surface area (Å²) >= 11 is 1.52. The summed E-state index contributed by atoms with van der Waals surface area (Å²) in [4.78, 5) is 28.9. The highest BCUT2D eigenvalue weighted by Crippen LogP contribution is 2.37. The lowest BCUT2D eigenvalue weighted by molar-refractivity contribution is -0.125. The van der Waals surface area contributed by atoms with E-state index in [0.29, 0.717) is 0 Å². The van der Waals surface area contributed by atoms with Crippen LogP contribution in [0.2, 0.25) is 0 Å². The summed E-state index contributed by atoms with van der Waals surface area (Å²) in [5.74, 6) is -0.901. The van der Waals surface area contributed by atoms with Crippen molar-refractivity contribution in [3.05, 3.63) is 40.7 Å². The molecule has 0 spiro atoms. The summed E-state index contributed by atoms with van der Waals surface area (Å²) in [5, 5.41) is 6.22. The average Bonchev–Trinajstić information content (AvgIpc) is 3.05. The number of amides is 2. The number of carbonyl (C=O) groups is 2. The van der Waals surface area contributed by atoms with Crippen molar-refractivity contribution in [3.8, 4) is 10.6 Å². The molecule has 1 aliphatic carbocycles. The molecule has 0 fully saturated rings. The summed E-state index contributed by atoms with van der Waals surface area (Å²) in [6.45, 7) is -0.234. The average molecular weight is 399 g/mol. The van der Waals surface area contributed by atoms with Crippen LogP contribution in [0, 0.1) is 5.82 Å². The highest BCUT2D eigenvalue weighted by Gasteiger charge is 2.26. The molecular weight excluding hydrogens is 379 g/mol. The van der Waals surface area contributed by atoms with Gasteiger partial charge in [0.05, 0.1) is 29.7 Å². The molecule has 26 heavy (non-hydrogen) atoms. The molecule has 9 heteroatoms. The number of nitrogens with two attached hydrogens (primary N) is 1. The topological polar surface area (TPSA) is 97.1 Å². The molecule has 2 aromatic rings. The van der Waals surface area contributed by atoms with E-state index in [4.69, 9.17) is 5.73 Å². The third-order valence-corrected chi connectivity index (χ3v) is 5.27. The number of nitrogens with one attached hydrogen (secondary N) is 2. The smallest absolute Gasteiger partial charge is 0.239 e. The van der Waals surface area contributed by atoms with Gasteiger partial charge in [-0.2, -0.15) is 0 Å². The number of carbonyl (C=O) groups excluding carboxylic acids is 2. The first kappa shape index (κ1) is 20.3. The second-order valence-electron chi connectivity index (χ2n) is 5.83. The molecule has 0 radical (unpaired) electrons. The van der Waals surface area contributed by atoms with Crippen LogP contribution >= 0.6 is 23.7 Å². The molecule has 2 amide bonds. The first-order valence-corrected chi connectivity index (χ1v) is 8.90. The predicted octanol–water partition coefficient (Wildman–Crippen LogP) is 1.94. The maximum Gasteiger partial charge on any atom is 0.239 e. The first-order valence-electron chi connectivity index (χ1n) is 8.08. The van der Waals surface area contributed by atoms with Gasteiger partial charge in [-0.3, -0.25) is 9.59 Å². The highest BCUT2D eigenvalue weighted by molar-refractivity contribution is 7.15. The Bertz CT molecular complexity index is 782. The number of halogens is 2. The zero-order valence-electron chi connectivity index (χ0n) is 14.0. The maximum absolute atomic E-state index is 13.1. The Morgan fingerprint density at radius 1 is 1.27 bits per heavy atom. The standard InChI is InChI=1S/C17H19FN4O2S.ClH/c18-11-6-4-10(5-7-11)17-22-13-3-1-2-12(16(13)25-17)21-15(24)9-20-14(23)8-19;/h4-7,12H,1-3,8-9,19H2,(H,20,23)(H,21,24);1H. The zero-order chi connectivity index (χ0) is 17.8. The van der Waals surface area contributed by atoms with Crippen molar-refractivity contribution in [2.75, 3.05) is 13.1 Å². The lowest BCUT2D eigenvalue weighted by atomic mass is 9.98. The van der Waals surface area contributed by atoms with Gasteiger partial charge in [0.2, 0.25) is 11.8 Å². The van der Waals surface area contributed by atoms with Crippen LogP contribution in [-0.4, -0.2) is 29.9 Å². The molecule has 1 aliphatic rings. The minimum Gasteiger partial charge on any atom is -0.347 e. The lowest BCUT2D eigenvalue weighted by Gasteiger charge is -2.22. The Hall–Kier alpha value is -2.03. The Morgan fingerprint density at radius 2 is 2.00 bits per heavy atom. The number of hydrogen-bond donors (Lipinski definition) is 3. The normalized spacial score (nSPS) is 15.5. The summed E-state index contributed by atoms with van der Waals surface area (Å²) in [7, 11) is 0. The van der Waals surface area contributed by atoms with Crippen LogP contribution in [0.4, 0.5) is 4.39 Å². The second kappa shape index (κ2) is 9.07. The number of aromatic nitrogens is 1. The predicted molar refractivity (Wildman–Crippen MR) is 101 cm³/mol. The summed E-state index contributed by atoms with van der Waals surface area (Å²) in [6, 6.07) is 6.12. The van der Waals surface area contributed by atoms with Crippen LogP contribution < -0.4 is 16.4 Å². The first-order chi connectivity index (χ1) is 12.1. The van der Waals surface area contributed by atoms with Gasteiger partial charge >= 0.3 is 0 Å². The fourth-order valence-corrected chi connectivity index (χ4v) is 3.97. The number of nitrogens with zero attached hydrogens (tertiary/aromatic N) is 1. The molecule has 3 rings (SSSR count). The van der Waals surface area contributed by atoms with E-state index < -0.39 is 0 Å². The minimum atomic E-state index is -0.365. The fraction of sp³-hybridized carbons (Fsp3) is 0.353. The lowest BCUT2D eigenvalue weighted by Crippen LogP contribution is -2.41. The van der Waals surface area contributed by atoms with Gasteiger partial charge in [0.15, 0.2) is 0 Å². The Kier molecular flexibility index (Phi) is 7.07. The van der Waals surface area contributed by atoms with Crippen LogP contribution in [0.3, 0.4) is 0 Å². The van der Waals surface area contributed by atoms with Gasteiger partial charge in [-0.15, -0.1) is 23.7 Å². The van der Waals surface area contributed by atoms with Gasteiger partial charge < -0.3 is 16.4 Å². The van der Waals surface area contributed by atoms with Crippen molar-refractivity contribution < 1.29 is 14.0 Å². The molecular formula is C17H20ClFN4O2S. The summed E-state index contributed by atoms with van der Waals surface area (Å²) in [6.07, 6.45) is 2.62. The molecule has 1 unspecified atom stereocenters. The van der Waals surface area contributed by atoms with Gasteiger partial charge in [0.1, 0.15) is 10.8 Å². The van der Waals surface area contributed by atoms with Crippen molar-refractivity contribution in [1.29, 1.82) is 0 Å². The quantitative estimate of drug-likeness (QED) is 0.717. The molecule has 4 N–H and O–H groups in total. The zero-order valence-corrected chi connectivity index (χ0v) is 15.6. The molecule has 0 aliphatic heterocycles. The monoisotopic (exact) mass is 398 g/mol. The van der Waals surface area contributed by atoms with E-state index in [2.05, 4.69) is 15.6 Å².